The number of nitrogens with zero attached hydrogens (tertiary/aromatic N) is 2. The van der Waals surface area contributed by atoms with Gasteiger partial charge in [-0.25, -0.2) is 0 Å². The van der Waals surface area contributed by atoms with Gasteiger partial charge in [0.2, 0.25) is 11.8 Å². The van der Waals surface area contributed by atoms with Crippen LogP contribution >= 0.6 is 11.6 Å². The fourth-order valence-electron chi connectivity index (χ4n) is 2.13. The van der Waals surface area contributed by atoms with Crippen LogP contribution in [0.2, 0.25) is 0 Å². The van der Waals surface area contributed by atoms with Crippen LogP contribution in [0, 0.1) is 0 Å². The third kappa shape index (κ3) is 3.50. The van der Waals surface area contributed by atoms with Crippen molar-refractivity contribution < 1.29 is 4.42 Å². The number of aromatic nitrogens is 2. The highest BCUT2D eigenvalue weighted by molar-refractivity contribution is 6.22. The first-order valence-corrected chi connectivity index (χ1v) is 7.32. The van der Waals surface area contributed by atoms with Crippen LogP contribution in [0.3, 0.4) is 0 Å². The lowest BCUT2D eigenvalue weighted by molar-refractivity contribution is 0.453. The molecule has 3 nitrogen and oxygen atoms in total. The highest BCUT2D eigenvalue weighted by Gasteiger charge is 2.17. The minimum Gasteiger partial charge on any atom is -0.423 e. The van der Waals surface area contributed by atoms with Gasteiger partial charge < -0.3 is 4.42 Å². The first-order valence-electron chi connectivity index (χ1n) is 6.88. The van der Waals surface area contributed by atoms with E-state index in [1.807, 2.05) is 48.5 Å². The van der Waals surface area contributed by atoms with Crippen LogP contribution in [0.25, 0.3) is 0 Å². The monoisotopic (exact) mass is 298 g/mol. The number of hydrogen-bond acceptors (Lipinski definition) is 3. The first kappa shape index (κ1) is 13.8. The van der Waals surface area contributed by atoms with Crippen molar-refractivity contribution in [3.63, 3.8) is 0 Å². The minimum absolute atomic E-state index is 0.399. The standard InChI is InChI=1S/C17H15ClN2O/c18-16(14-9-5-2-6-10-14)17-20-19-15(21-17)12-11-13-7-3-1-4-8-13/h1-10,16H,11-12H2. The second kappa shape index (κ2) is 6.55. The van der Waals surface area contributed by atoms with Gasteiger partial charge in [0, 0.05) is 6.42 Å². The molecular weight excluding hydrogens is 284 g/mol. The van der Waals surface area contributed by atoms with E-state index in [0.29, 0.717) is 11.8 Å². The molecule has 0 amide bonds. The fraction of sp³-hybridized carbons (Fsp3) is 0.176. The van der Waals surface area contributed by atoms with Gasteiger partial charge in [0.05, 0.1) is 0 Å². The SMILES string of the molecule is ClC(c1ccccc1)c1nnc(CCc2ccccc2)o1. The Hall–Kier alpha value is -2.13. The number of rotatable bonds is 5. The number of halogens is 1. The third-order valence-electron chi connectivity index (χ3n) is 3.26. The molecule has 0 N–H and O–H groups in total. The van der Waals surface area contributed by atoms with E-state index < -0.39 is 5.38 Å². The van der Waals surface area contributed by atoms with Crippen molar-refractivity contribution in [2.24, 2.45) is 0 Å². The molecular formula is C17H15ClN2O. The van der Waals surface area contributed by atoms with Gasteiger partial charge in [0.15, 0.2) is 0 Å². The summed E-state index contributed by atoms with van der Waals surface area (Å²) >= 11 is 6.37. The van der Waals surface area contributed by atoms with E-state index in [2.05, 4.69) is 22.3 Å². The minimum atomic E-state index is -0.399. The van der Waals surface area contributed by atoms with Gasteiger partial charge >= 0.3 is 0 Å². The van der Waals surface area contributed by atoms with Crippen LogP contribution in [-0.4, -0.2) is 10.2 Å². The van der Waals surface area contributed by atoms with Gasteiger partial charge in [0.1, 0.15) is 5.38 Å². The quantitative estimate of drug-likeness (QED) is 0.663. The molecule has 0 saturated carbocycles. The second-order valence-electron chi connectivity index (χ2n) is 4.79. The van der Waals surface area contributed by atoms with E-state index in [0.717, 1.165) is 18.4 Å². The predicted octanol–water partition coefficient (Wildman–Crippen LogP) is 4.18. The summed E-state index contributed by atoms with van der Waals surface area (Å²) in [5.74, 6) is 1.07. The van der Waals surface area contributed by atoms with Crippen LogP contribution in [0.1, 0.15) is 28.3 Å². The van der Waals surface area contributed by atoms with Crippen molar-refractivity contribution in [1.82, 2.24) is 10.2 Å². The molecule has 0 bridgehead atoms. The molecule has 3 rings (SSSR count). The van der Waals surface area contributed by atoms with Gasteiger partial charge in [-0.05, 0) is 17.5 Å². The van der Waals surface area contributed by atoms with E-state index >= 15 is 0 Å². The van der Waals surface area contributed by atoms with Crippen LogP contribution < -0.4 is 0 Å². The molecule has 0 radical (unpaired) electrons. The number of benzene rings is 2. The van der Waals surface area contributed by atoms with E-state index in [-0.39, 0.29) is 0 Å². The highest BCUT2D eigenvalue weighted by atomic mass is 35.5. The molecule has 106 valence electrons. The van der Waals surface area contributed by atoms with E-state index in [1.54, 1.807) is 0 Å². The summed E-state index contributed by atoms with van der Waals surface area (Å²) in [7, 11) is 0. The molecule has 0 fully saturated rings. The second-order valence-corrected chi connectivity index (χ2v) is 5.23. The summed E-state index contributed by atoms with van der Waals surface area (Å²) in [6, 6.07) is 20.0. The van der Waals surface area contributed by atoms with Crippen molar-refractivity contribution in [1.29, 1.82) is 0 Å². The van der Waals surface area contributed by atoms with Gasteiger partial charge in [-0.15, -0.1) is 21.8 Å². The summed E-state index contributed by atoms with van der Waals surface area (Å²) in [5.41, 5.74) is 2.21. The number of alkyl halides is 1. The predicted molar refractivity (Wildman–Crippen MR) is 82.3 cm³/mol. The topological polar surface area (TPSA) is 38.9 Å². The Balaban J connectivity index is 1.66. The van der Waals surface area contributed by atoms with Crippen LogP contribution in [0.4, 0.5) is 0 Å². The molecule has 0 aliphatic rings. The fourth-order valence-corrected chi connectivity index (χ4v) is 2.36. The Morgan fingerprint density at radius 2 is 1.52 bits per heavy atom. The normalized spacial score (nSPS) is 12.2. The molecule has 4 heteroatoms. The van der Waals surface area contributed by atoms with Crippen molar-refractivity contribution in [3.8, 4) is 0 Å². The largest absolute Gasteiger partial charge is 0.423 e. The maximum Gasteiger partial charge on any atom is 0.238 e. The van der Waals surface area contributed by atoms with Gasteiger partial charge in [0.25, 0.3) is 0 Å². The summed E-state index contributed by atoms with van der Waals surface area (Å²) in [6.45, 7) is 0. The van der Waals surface area contributed by atoms with Crippen LogP contribution in [0.5, 0.6) is 0 Å². The van der Waals surface area contributed by atoms with Gasteiger partial charge in [-0.2, -0.15) is 0 Å². The van der Waals surface area contributed by atoms with Gasteiger partial charge in [-0.3, -0.25) is 0 Å². The third-order valence-corrected chi connectivity index (χ3v) is 3.70. The molecule has 1 heterocycles. The summed E-state index contributed by atoms with van der Waals surface area (Å²) in [4.78, 5) is 0. The van der Waals surface area contributed by atoms with Crippen molar-refractivity contribution in [2.75, 3.05) is 0 Å². The maximum absolute atomic E-state index is 6.37. The molecule has 0 aliphatic heterocycles. The Kier molecular flexibility index (Phi) is 4.31. The highest BCUT2D eigenvalue weighted by Crippen LogP contribution is 2.27. The Morgan fingerprint density at radius 3 is 2.24 bits per heavy atom. The maximum atomic E-state index is 6.37. The zero-order valence-electron chi connectivity index (χ0n) is 11.4. The summed E-state index contributed by atoms with van der Waals surface area (Å²) in [5, 5.41) is 7.73. The Bertz CT molecular complexity index is 682. The van der Waals surface area contributed by atoms with Gasteiger partial charge in [-0.1, -0.05) is 60.7 Å². The van der Waals surface area contributed by atoms with E-state index in [4.69, 9.17) is 16.0 Å². The average Bonchev–Trinajstić information content (AvgIpc) is 3.03. The molecule has 21 heavy (non-hydrogen) atoms. The average molecular weight is 299 g/mol. The molecule has 0 saturated heterocycles. The summed E-state index contributed by atoms with van der Waals surface area (Å²) < 4.78 is 5.67. The lowest BCUT2D eigenvalue weighted by Gasteiger charge is -2.03. The Labute approximate surface area is 128 Å². The lowest BCUT2D eigenvalue weighted by Crippen LogP contribution is -1.92. The smallest absolute Gasteiger partial charge is 0.238 e. The zero-order valence-corrected chi connectivity index (χ0v) is 12.2. The number of aryl methyl sites for hydroxylation is 2. The summed E-state index contributed by atoms with van der Waals surface area (Å²) in [6.07, 6.45) is 1.59. The first-order chi connectivity index (χ1) is 10.3. The Morgan fingerprint density at radius 1 is 0.857 bits per heavy atom. The van der Waals surface area contributed by atoms with Crippen molar-refractivity contribution >= 4 is 11.6 Å². The molecule has 3 aromatic rings. The lowest BCUT2D eigenvalue weighted by atomic mass is 10.1. The number of hydrogen-bond donors (Lipinski definition) is 0. The van der Waals surface area contributed by atoms with Crippen LogP contribution in [0.15, 0.2) is 65.1 Å². The molecule has 1 atom stereocenters. The molecule has 2 aromatic carbocycles. The van der Waals surface area contributed by atoms with Crippen molar-refractivity contribution in [3.05, 3.63) is 83.6 Å². The molecule has 0 spiro atoms. The zero-order chi connectivity index (χ0) is 14.5. The van der Waals surface area contributed by atoms with Crippen LogP contribution in [-0.2, 0) is 12.8 Å². The molecule has 0 aliphatic carbocycles. The van der Waals surface area contributed by atoms with E-state index in [9.17, 15) is 0 Å². The van der Waals surface area contributed by atoms with E-state index in [1.165, 1.54) is 5.56 Å². The molecule has 1 unspecified atom stereocenters. The molecule has 1 aromatic heterocycles. The van der Waals surface area contributed by atoms with Crippen molar-refractivity contribution in [2.45, 2.75) is 18.2 Å².